The maximum absolute atomic E-state index is 5.75. The Morgan fingerprint density at radius 3 is 2.84 bits per heavy atom. The van der Waals surface area contributed by atoms with E-state index < -0.39 is 0 Å². The lowest BCUT2D eigenvalue weighted by Gasteiger charge is -2.23. The molecular formula is C14H23N3OS. The molecule has 1 aromatic heterocycles. The molecule has 0 spiro atoms. The number of aryl methyl sites for hydroxylation is 1. The van der Waals surface area contributed by atoms with Crippen molar-refractivity contribution in [3.8, 4) is 0 Å². The third-order valence-electron chi connectivity index (χ3n) is 2.83. The van der Waals surface area contributed by atoms with Crippen LogP contribution in [-0.2, 0) is 11.3 Å². The van der Waals surface area contributed by atoms with Crippen molar-refractivity contribution in [1.82, 2.24) is 15.3 Å². The molecule has 0 aliphatic carbocycles. The molecule has 2 heterocycles. The average Bonchev–Trinajstić information content (AvgIpc) is 2.36. The van der Waals surface area contributed by atoms with E-state index in [2.05, 4.69) is 36.1 Å². The number of hydrogen-bond acceptors (Lipinski definition) is 5. The molecule has 1 unspecified atom stereocenters. The van der Waals surface area contributed by atoms with Gasteiger partial charge in [-0.1, -0.05) is 0 Å². The van der Waals surface area contributed by atoms with Gasteiger partial charge in [0.15, 0.2) is 5.82 Å². The second-order valence-corrected chi connectivity index (χ2v) is 7.05. The van der Waals surface area contributed by atoms with Crippen LogP contribution in [0.5, 0.6) is 0 Å². The molecule has 0 radical (unpaired) electrons. The van der Waals surface area contributed by atoms with Crippen LogP contribution in [0.2, 0.25) is 0 Å². The quantitative estimate of drug-likeness (QED) is 0.922. The van der Waals surface area contributed by atoms with Gasteiger partial charge < -0.3 is 10.1 Å². The standard InChI is InChI=1S/C14H23N3OS/c1-10-7-11(8-15-14(2,3)4)17-13(16-10)12-9-19-6-5-18-12/h7,12,15H,5-6,8-9H2,1-4H3. The minimum atomic E-state index is 0.0482. The fourth-order valence-corrected chi connectivity index (χ4v) is 2.73. The Bertz CT molecular complexity index is 425. The maximum atomic E-state index is 5.75. The van der Waals surface area contributed by atoms with Crippen LogP contribution in [0.4, 0.5) is 0 Å². The van der Waals surface area contributed by atoms with Gasteiger partial charge in [0, 0.05) is 29.3 Å². The molecule has 1 aliphatic rings. The first-order valence-corrected chi connectivity index (χ1v) is 7.88. The molecule has 0 saturated carbocycles. The maximum Gasteiger partial charge on any atom is 0.158 e. The number of aromatic nitrogens is 2. The van der Waals surface area contributed by atoms with E-state index in [4.69, 9.17) is 4.74 Å². The third-order valence-corrected chi connectivity index (χ3v) is 3.82. The Morgan fingerprint density at radius 1 is 1.42 bits per heavy atom. The number of nitrogens with one attached hydrogen (secondary N) is 1. The first-order valence-electron chi connectivity index (χ1n) is 6.73. The first kappa shape index (κ1) is 14.8. The van der Waals surface area contributed by atoms with Crippen molar-refractivity contribution in [3.05, 3.63) is 23.3 Å². The summed E-state index contributed by atoms with van der Waals surface area (Å²) in [4.78, 5) is 9.17. The van der Waals surface area contributed by atoms with Crippen molar-refractivity contribution in [2.75, 3.05) is 18.1 Å². The monoisotopic (exact) mass is 281 g/mol. The Kier molecular flexibility index (Phi) is 4.81. The topological polar surface area (TPSA) is 47.0 Å². The highest BCUT2D eigenvalue weighted by Gasteiger charge is 2.20. The summed E-state index contributed by atoms with van der Waals surface area (Å²) in [6.07, 6.45) is 0.0482. The summed E-state index contributed by atoms with van der Waals surface area (Å²) in [5.74, 6) is 2.86. The average molecular weight is 281 g/mol. The predicted octanol–water partition coefficient (Wildman–Crippen LogP) is 2.48. The van der Waals surface area contributed by atoms with Crippen LogP contribution in [0.25, 0.3) is 0 Å². The van der Waals surface area contributed by atoms with Crippen molar-refractivity contribution < 1.29 is 4.74 Å². The van der Waals surface area contributed by atoms with E-state index in [-0.39, 0.29) is 11.6 Å². The summed E-state index contributed by atoms with van der Waals surface area (Å²) < 4.78 is 5.75. The van der Waals surface area contributed by atoms with E-state index in [9.17, 15) is 0 Å². The fraction of sp³-hybridized carbons (Fsp3) is 0.714. The molecule has 1 N–H and O–H groups in total. The number of nitrogens with zero attached hydrogens (tertiary/aromatic N) is 2. The molecule has 4 nitrogen and oxygen atoms in total. The molecule has 0 bridgehead atoms. The zero-order valence-corrected chi connectivity index (χ0v) is 13.0. The van der Waals surface area contributed by atoms with Gasteiger partial charge in [0.25, 0.3) is 0 Å². The highest BCUT2D eigenvalue weighted by molar-refractivity contribution is 7.99. The summed E-state index contributed by atoms with van der Waals surface area (Å²) >= 11 is 1.91. The van der Waals surface area contributed by atoms with Crippen molar-refractivity contribution in [3.63, 3.8) is 0 Å². The van der Waals surface area contributed by atoms with Crippen molar-refractivity contribution in [1.29, 1.82) is 0 Å². The van der Waals surface area contributed by atoms with Gasteiger partial charge in [-0.3, -0.25) is 0 Å². The van der Waals surface area contributed by atoms with Crippen molar-refractivity contribution in [2.45, 2.75) is 45.9 Å². The van der Waals surface area contributed by atoms with Gasteiger partial charge in [-0.25, -0.2) is 9.97 Å². The molecule has 1 atom stereocenters. The molecule has 1 saturated heterocycles. The van der Waals surface area contributed by atoms with E-state index in [1.807, 2.05) is 24.8 Å². The SMILES string of the molecule is Cc1cc(CNC(C)(C)C)nc(C2CSCCO2)n1. The summed E-state index contributed by atoms with van der Waals surface area (Å²) in [6.45, 7) is 10.0. The van der Waals surface area contributed by atoms with Gasteiger partial charge in [0.2, 0.25) is 0 Å². The number of hydrogen-bond donors (Lipinski definition) is 1. The van der Waals surface area contributed by atoms with Gasteiger partial charge in [-0.05, 0) is 33.8 Å². The summed E-state index contributed by atoms with van der Waals surface area (Å²) in [5, 5.41) is 3.46. The Morgan fingerprint density at radius 2 is 2.21 bits per heavy atom. The zero-order chi connectivity index (χ0) is 13.9. The molecule has 1 fully saturated rings. The zero-order valence-electron chi connectivity index (χ0n) is 12.2. The molecule has 5 heteroatoms. The minimum Gasteiger partial charge on any atom is -0.368 e. The number of thioether (sulfide) groups is 1. The molecule has 0 aromatic carbocycles. The molecule has 0 amide bonds. The lowest BCUT2D eigenvalue weighted by atomic mass is 10.1. The molecular weight excluding hydrogens is 258 g/mol. The smallest absolute Gasteiger partial charge is 0.158 e. The molecule has 2 rings (SSSR count). The van der Waals surface area contributed by atoms with E-state index in [0.717, 1.165) is 41.9 Å². The molecule has 1 aromatic rings. The minimum absolute atomic E-state index is 0.0482. The van der Waals surface area contributed by atoms with Crippen LogP contribution in [0, 0.1) is 6.92 Å². The van der Waals surface area contributed by atoms with E-state index in [1.54, 1.807) is 0 Å². The van der Waals surface area contributed by atoms with Crippen molar-refractivity contribution >= 4 is 11.8 Å². The number of rotatable bonds is 3. The summed E-state index contributed by atoms with van der Waals surface area (Å²) in [6, 6.07) is 2.04. The van der Waals surface area contributed by atoms with Gasteiger partial charge in [-0.2, -0.15) is 11.8 Å². The van der Waals surface area contributed by atoms with Crippen LogP contribution in [0.15, 0.2) is 6.07 Å². The summed E-state index contributed by atoms with van der Waals surface area (Å²) in [7, 11) is 0. The number of ether oxygens (including phenoxy) is 1. The largest absolute Gasteiger partial charge is 0.368 e. The Balaban J connectivity index is 2.10. The van der Waals surface area contributed by atoms with Crippen LogP contribution in [0.1, 0.15) is 44.1 Å². The van der Waals surface area contributed by atoms with Crippen LogP contribution in [0.3, 0.4) is 0 Å². The van der Waals surface area contributed by atoms with Gasteiger partial charge >= 0.3 is 0 Å². The van der Waals surface area contributed by atoms with Crippen LogP contribution >= 0.6 is 11.8 Å². The predicted molar refractivity (Wildman–Crippen MR) is 79.4 cm³/mol. The van der Waals surface area contributed by atoms with E-state index in [0.29, 0.717) is 0 Å². The lowest BCUT2D eigenvalue weighted by Crippen LogP contribution is -2.35. The van der Waals surface area contributed by atoms with E-state index in [1.165, 1.54) is 0 Å². The fourth-order valence-electron chi connectivity index (χ4n) is 1.89. The summed E-state index contributed by atoms with van der Waals surface area (Å²) in [5.41, 5.74) is 2.14. The van der Waals surface area contributed by atoms with Gasteiger partial charge in [-0.15, -0.1) is 0 Å². The highest BCUT2D eigenvalue weighted by atomic mass is 32.2. The van der Waals surface area contributed by atoms with Crippen molar-refractivity contribution in [2.24, 2.45) is 0 Å². The molecule has 1 aliphatic heterocycles. The second kappa shape index (κ2) is 6.20. The van der Waals surface area contributed by atoms with Gasteiger partial charge in [0.05, 0.1) is 12.3 Å². The third kappa shape index (κ3) is 4.75. The Hall–Kier alpha value is -0.650. The molecule has 106 valence electrons. The van der Waals surface area contributed by atoms with Crippen LogP contribution in [-0.4, -0.2) is 33.6 Å². The second-order valence-electron chi connectivity index (χ2n) is 5.90. The first-order chi connectivity index (χ1) is 8.94. The molecule has 19 heavy (non-hydrogen) atoms. The van der Waals surface area contributed by atoms with Gasteiger partial charge in [0.1, 0.15) is 6.10 Å². The Labute approximate surface area is 119 Å². The highest BCUT2D eigenvalue weighted by Crippen LogP contribution is 2.24. The van der Waals surface area contributed by atoms with Crippen LogP contribution < -0.4 is 5.32 Å². The van der Waals surface area contributed by atoms with E-state index >= 15 is 0 Å². The lowest BCUT2D eigenvalue weighted by molar-refractivity contribution is 0.0691. The normalized spacial score (nSPS) is 20.5.